The number of hydrogen-bond donors (Lipinski definition) is 0. The highest BCUT2D eigenvalue weighted by atomic mass is 127. The van der Waals surface area contributed by atoms with Crippen LogP contribution in [0.3, 0.4) is 0 Å². The molecule has 0 spiro atoms. The first-order valence-electron chi connectivity index (χ1n) is 2.95. The molecule has 0 rings (SSSR count). The van der Waals surface area contributed by atoms with E-state index >= 15 is 0 Å². The Hall–Kier alpha value is 0.690. The van der Waals surface area contributed by atoms with Gasteiger partial charge in [0.15, 0.2) is 0 Å². The van der Waals surface area contributed by atoms with Crippen molar-refractivity contribution >= 4 is 22.6 Å². The van der Waals surface area contributed by atoms with Gasteiger partial charge in [0, 0.05) is 11.0 Å². The molecule has 0 N–H and O–H groups in total. The lowest BCUT2D eigenvalue weighted by Gasteiger charge is -2.04. The van der Waals surface area contributed by atoms with Crippen molar-refractivity contribution in [1.29, 1.82) is 0 Å². The summed E-state index contributed by atoms with van der Waals surface area (Å²) < 4.78 is 6.48. The maximum absolute atomic E-state index is 5.28. The van der Waals surface area contributed by atoms with Crippen molar-refractivity contribution in [2.24, 2.45) is 0 Å². The molecule has 8 heavy (non-hydrogen) atoms. The van der Waals surface area contributed by atoms with E-state index in [2.05, 4.69) is 36.4 Å². The Balaban J connectivity index is 2.72. The van der Waals surface area contributed by atoms with Crippen LogP contribution in [0, 0.1) is 0 Å². The van der Waals surface area contributed by atoms with Crippen molar-refractivity contribution in [2.45, 2.75) is 26.4 Å². The van der Waals surface area contributed by atoms with Crippen LogP contribution < -0.4 is 0 Å². The van der Waals surface area contributed by atoms with E-state index in [1.807, 2.05) is 0 Å². The Labute approximate surface area is 64.9 Å². The predicted molar refractivity (Wildman–Crippen MR) is 44.6 cm³/mol. The molecule has 0 aromatic heterocycles. The summed E-state index contributed by atoms with van der Waals surface area (Å²) in [5, 5.41) is 0. The van der Waals surface area contributed by atoms with Gasteiger partial charge < -0.3 is 4.74 Å². The molecule has 0 aromatic rings. The summed E-state index contributed by atoms with van der Waals surface area (Å²) in [7, 11) is 0. The van der Waals surface area contributed by atoms with Crippen LogP contribution in [0.4, 0.5) is 0 Å². The summed E-state index contributed by atoms with van der Waals surface area (Å²) in [6.45, 7) is 5.04. The Morgan fingerprint density at radius 2 is 2.12 bits per heavy atom. The molecule has 0 saturated heterocycles. The molecule has 0 aliphatic carbocycles. The fourth-order valence-electron chi connectivity index (χ4n) is 0.374. The van der Waals surface area contributed by atoms with Gasteiger partial charge in [0.2, 0.25) is 0 Å². The van der Waals surface area contributed by atoms with E-state index < -0.39 is 0 Å². The maximum atomic E-state index is 5.28. The number of halogens is 1. The van der Waals surface area contributed by atoms with Gasteiger partial charge in [-0.15, -0.1) is 0 Å². The van der Waals surface area contributed by atoms with Crippen molar-refractivity contribution in [3.8, 4) is 0 Å². The van der Waals surface area contributed by atoms with Gasteiger partial charge in [0.1, 0.15) is 0 Å². The number of rotatable bonds is 4. The highest BCUT2D eigenvalue weighted by Gasteiger charge is 1.89. The lowest BCUT2D eigenvalue weighted by atomic mass is 10.4. The molecule has 0 aliphatic rings. The van der Waals surface area contributed by atoms with Crippen LogP contribution in [0.15, 0.2) is 0 Å². The molecule has 0 unspecified atom stereocenters. The molecular formula is C6H13IO. The normalized spacial score (nSPS) is 10.5. The molecule has 0 aliphatic heterocycles. The van der Waals surface area contributed by atoms with E-state index in [0.29, 0.717) is 6.10 Å². The van der Waals surface area contributed by atoms with Crippen LogP contribution >= 0.6 is 22.6 Å². The third kappa shape index (κ3) is 6.69. The monoisotopic (exact) mass is 228 g/mol. The molecular weight excluding hydrogens is 215 g/mol. The number of ether oxygens (including phenoxy) is 1. The molecule has 0 radical (unpaired) electrons. The molecule has 1 nitrogen and oxygen atoms in total. The van der Waals surface area contributed by atoms with Crippen LogP contribution in [-0.4, -0.2) is 17.1 Å². The second-order valence-corrected chi connectivity index (χ2v) is 3.04. The molecule has 0 amide bonds. The Morgan fingerprint density at radius 3 is 2.50 bits per heavy atom. The van der Waals surface area contributed by atoms with E-state index in [4.69, 9.17) is 4.74 Å². The smallest absolute Gasteiger partial charge is 0.0518 e. The fourth-order valence-corrected chi connectivity index (χ4v) is 0.685. The standard InChI is InChI=1S/C6H13IO/c1-6(2)8-5-3-4-7/h6H,3-5H2,1-2H3. The predicted octanol–water partition coefficient (Wildman–Crippen LogP) is 2.24. The van der Waals surface area contributed by atoms with Gasteiger partial charge >= 0.3 is 0 Å². The molecule has 0 atom stereocenters. The zero-order chi connectivity index (χ0) is 6.41. The van der Waals surface area contributed by atoms with Gasteiger partial charge in [-0.1, -0.05) is 22.6 Å². The Bertz CT molecular complexity index is 45.8. The van der Waals surface area contributed by atoms with Crippen molar-refractivity contribution in [3.05, 3.63) is 0 Å². The molecule has 0 heterocycles. The summed E-state index contributed by atoms with van der Waals surface area (Å²) in [4.78, 5) is 0. The summed E-state index contributed by atoms with van der Waals surface area (Å²) in [6.07, 6.45) is 1.58. The lowest BCUT2D eigenvalue weighted by Crippen LogP contribution is -2.03. The van der Waals surface area contributed by atoms with Crippen molar-refractivity contribution in [1.82, 2.24) is 0 Å². The number of alkyl halides is 1. The van der Waals surface area contributed by atoms with Gasteiger partial charge in [-0.3, -0.25) is 0 Å². The summed E-state index contributed by atoms with van der Waals surface area (Å²) in [5.74, 6) is 0. The van der Waals surface area contributed by atoms with Gasteiger partial charge in [-0.2, -0.15) is 0 Å². The minimum Gasteiger partial charge on any atom is -0.379 e. The molecule has 0 aromatic carbocycles. The SMILES string of the molecule is CC(C)OCCCI. The zero-order valence-corrected chi connectivity index (χ0v) is 7.64. The van der Waals surface area contributed by atoms with E-state index in [0.717, 1.165) is 6.61 Å². The van der Waals surface area contributed by atoms with Gasteiger partial charge in [-0.05, 0) is 20.3 Å². The van der Waals surface area contributed by atoms with Crippen LogP contribution in [0.5, 0.6) is 0 Å². The van der Waals surface area contributed by atoms with Crippen LogP contribution in [0.25, 0.3) is 0 Å². The van der Waals surface area contributed by atoms with Crippen molar-refractivity contribution < 1.29 is 4.74 Å². The maximum Gasteiger partial charge on any atom is 0.0518 e. The third-order valence-corrected chi connectivity index (χ3v) is 1.49. The second-order valence-electron chi connectivity index (χ2n) is 1.96. The minimum atomic E-state index is 0.401. The lowest BCUT2D eigenvalue weighted by molar-refractivity contribution is 0.0803. The third-order valence-electron chi connectivity index (χ3n) is 0.729. The molecule has 2 heteroatoms. The topological polar surface area (TPSA) is 9.23 Å². The highest BCUT2D eigenvalue weighted by Crippen LogP contribution is 1.92. The van der Waals surface area contributed by atoms with E-state index in [1.54, 1.807) is 0 Å². The van der Waals surface area contributed by atoms with Gasteiger partial charge in [0.25, 0.3) is 0 Å². The Morgan fingerprint density at radius 1 is 1.50 bits per heavy atom. The van der Waals surface area contributed by atoms with E-state index in [-0.39, 0.29) is 0 Å². The first kappa shape index (κ1) is 8.69. The van der Waals surface area contributed by atoms with Crippen LogP contribution in [0.1, 0.15) is 20.3 Å². The first-order valence-corrected chi connectivity index (χ1v) is 4.47. The Kier molecular flexibility index (Phi) is 6.32. The average Bonchev–Trinajstić information content (AvgIpc) is 1.66. The number of hydrogen-bond acceptors (Lipinski definition) is 1. The molecule has 0 saturated carbocycles. The average molecular weight is 228 g/mol. The largest absolute Gasteiger partial charge is 0.379 e. The summed E-state index contributed by atoms with van der Waals surface area (Å²) >= 11 is 2.35. The fraction of sp³-hybridized carbons (Fsp3) is 1.00. The quantitative estimate of drug-likeness (QED) is 0.407. The van der Waals surface area contributed by atoms with Crippen LogP contribution in [0.2, 0.25) is 0 Å². The molecule has 0 fully saturated rings. The van der Waals surface area contributed by atoms with Crippen LogP contribution in [-0.2, 0) is 4.74 Å². The highest BCUT2D eigenvalue weighted by molar-refractivity contribution is 14.1. The second kappa shape index (κ2) is 5.82. The van der Waals surface area contributed by atoms with E-state index in [9.17, 15) is 0 Å². The summed E-state index contributed by atoms with van der Waals surface area (Å²) in [6, 6.07) is 0. The van der Waals surface area contributed by atoms with Crippen molar-refractivity contribution in [3.63, 3.8) is 0 Å². The van der Waals surface area contributed by atoms with Gasteiger partial charge in [-0.25, -0.2) is 0 Å². The summed E-state index contributed by atoms with van der Waals surface area (Å²) in [5.41, 5.74) is 0. The first-order chi connectivity index (χ1) is 3.77. The van der Waals surface area contributed by atoms with Gasteiger partial charge in [0.05, 0.1) is 6.10 Å². The molecule has 50 valence electrons. The van der Waals surface area contributed by atoms with Crippen molar-refractivity contribution in [2.75, 3.05) is 11.0 Å². The van der Waals surface area contributed by atoms with E-state index in [1.165, 1.54) is 10.8 Å². The zero-order valence-electron chi connectivity index (χ0n) is 5.48. The molecule has 0 bridgehead atoms. The minimum absolute atomic E-state index is 0.401.